The number of carbonyl (C=O) groups excluding carboxylic acids is 3. The summed E-state index contributed by atoms with van der Waals surface area (Å²) in [6, 6.07) is -4.24. The smallest absolute Gasteiger partial charge is 0.328 e. The van der Waals surface area contributed by atoms with Crippen LogP contribution in [0.4, 0.5) is 0 Å². The Kier molecular flexibility index (Phi) is 12.0. The fourth-order valence-corrected chi connectivity index (χ4v) is 2.29. The van der Waals surface area contributed by atoms with E-state index in [-0.39, 0.29) is 5.92 Å². The Morgan fingerprint density at radius 2 is 1.54 bits per heavy atom. The van der Waals surface area contributed by atoms with Gasteiger partial charge in [-0.2, -0.15) is 0 Å². The van der Waals surface area contributed by atoms with Crippen LogP contribution in [0.15, 0.2) is 0 Å². The van der Waals surface area contributed by atoms with Crippen LogP contribution in [0.5, 0.6) is 0 Å². The lowest BCUT2D eigenvalue weighted by Crippen LogP contribution is -2.58. The SMILES string of the molecule is CC(NC(=O)C(NC(=O)C(N)CCCCN)C(C)C)C(=O)NC(CO)C(=O)O. The summed E-state index contributed by atoms with van der Waals surface area (Å²) in [6.07, 6.45) is 1.87. The van der Waals surface area contributed by atoms with Crippen molar-refractivity contribution in [3.63, 3.8) is 0 Å². The molecule has 28 heavy (non-hydrogen) atoms. The van der Waals surface area contributed by atoms with E-state index in [4.69, 9.17) is 21.7 Å². The van der Waals surface area contributed by atoms with Crippen LogP contribution in [0.1, 0.15) is 40.0 Å². The number of hydrogen-bond acceptors (Lipinski definition) is 7. The highest BCUT2D eigenvalue weighted by Crippen LogP contribution is 2.05. The zero-order chi connectivity index (χ0) is 21.9. The first kappa shape index (κ1) is 25.8. The molecule has 0 saturated carbocycles. The van der Waals surface area contributed by atoms with Crippen LogP contribution >= 0.6 is 0 Å². The number of unbranched alkanes of at least 4 members (excludes halogenated alkanes) is 1. The molecule has 162 valence electrons. The molecule has 9 N–H and O–H groups in total. The van der Waals surface area contributed by atoms with Gasteiger partial charge in [0.1, 0.15) is 18.1 Å². The number of aliphatic hydroxyl groups is 1. The van der Waals surface area contributed by atoms with Crippen molar-refractivity contribution in [3.8, 4) is 0 Å². The van der Waals surface area contributed by atoms with Gasteiger partial charge in [0, 0.05) is 0 Å². The number of aliphatic hydroxyl groups excluding tert-OH is 1. The van der Waals surface area contributed by atoms with Crippen LogP contribution < -0.4 is 27.4 Å². The molecule has 0 spiro atoms. The molecular weight excluding hydrogens is 370 g/mol. The number of nitrogens with two attached hydrogens (primary N) is 2. The Labute approximate surface area is 164 Å². The first-order chi connectivity index (χ1) is 13.0. The molecule has 0 heterocycles. The Bertz CT molecular complexity index is 542. The van der Waals surface area contributed by atoms with Gasteiger partial charge in [-0.05, 0) is 32.2 Å². The lowest BCUT2D eigenvalue weighted by molar-refractivity contribution is -0.143. The van der Waals surface area contributed by atoms with E-state index in [9.17, 15) is 19.2 Å². The summed E-state index contributed by atoms with van der Waals surface area (Å²) in [5, 5.41) is 24.9. The molecule has 0 bridgehead atoms. The molecule has 0 aliphatic carbocycles. The van der Waals surface area contributed by atoms with E-state index in [0.29, 0.717) is 19.4 Å². The van der Waals surface area contributed by atoms with E-state index < -0.39 is 54.5 Å². The number of hydrogen-bond donors (Lipinski definition) is 7. The van der Waals surface area contributed by atoms with Crippen LogP contribution in [0, 0.1) is 5.92 Å². The highest BCUT2D eigenvalue weighted by molar-refractivity contribution is 5.94. The minimum Gasteiger partial charge on any atom is -0.480 e. The average Bonchev–Trinajstić information content (AvgIpc) is 2.62. The lowest BCUT2D eigenvalue weighted by Gasteiger charge is -2.25. The van der Waals surface area contributed by atoms with Gasteiger partial charge in [-0.15, -0.1) is 0 Å². The van der Waals surface area contributed by atoms with Crippen LogP contribution in [0.3, 0.4) is 0 Å². The molecule has 0 saturated heterocycles. The summed E-state index contributed by atoms with van der Waals surface area (Å²) >= 11 is 0. The third kappa shape index (κ3) is 9.11. The van der Waals surface area contributed by atoms with Gasteiger partial charge in [0.05, 0.1) is 12.6 Å². The van der Waals surface area contributed by atoms with Gasteiger partial charge in [0.15, 0.2) is 0 Å². The van der Waals surface area contributed by atoms with Gasteiger partial charge in [-0.3, -0.25) is 14.4 Å². The molecule has 4 unspecified atom stereocenters. The van der Waals surface area contributed by atoms with Crippen molar-refractivity contribution >= 4 is 23.7 Å². The maximum Gasteiger partial charge on any atom is 0.328 e. The van der Waals surface area contributed by atoms with Crippen LogP contribution in [0.25, 0.3) is 0 Å². The van der Waals surface area contributed by atoms with E-state index >= 15 is 0 Å². The van der Waals surface area contributed by atoms with Crippen molar-refractivity contribution in [1.82, 2.24) is 16.0 Å². The summed E-state index contributed by atoms with van der Waals surface area (Å²) < 4.78 is 0. The predicted molar refractivity (Wildman–Crippen MR) is 102 cm³/mol. The molecule has 11 nitrogen and oxygen atoms in total. The summed E-state index contributed by atoms with van der Waals surface area (Å²) in [5.74, 6) is -3.53. The summed E-state index contributed by atoms with van der Waals surface area (Å²) in [5.41, 5.74) is 11.2. The molecule has 4 atom stereocenters. The highest BCUT2D eigenvalue weighted by atomic mass is 16.4. The third-order valence-corrected chi connectivity index (χ3v) is 4.10. The normalized spacial score (nSPS) is 15.2. The molecule has 11 heteroatoms. The second kappa shape index (κ2) is 13.0. The Morgan fingerprint density at radius 1 is 0.929 bits per heavy atom. The second-order valence-corrected chi connectivity index (χ2v) is 6.93. The molecule has 0 aromatic rings. The van der Waals surface area contributed by atoms with Crippen molar-refractivity contribution < 1.29 is 29.4 Å². The first-order valence-corrected chi connectivity index (χ1v) is 9.25. The molecule has 0 aromatic heterocycles. The Balaban J connectivity index is 4.82. The number of carbonyl (C=O) groups is 4. The molecule has 0 radical (unpaired) electrons. The molecular formula is C17H33N5O6. The van der Waals surface area contributed by atoms with Gasteiger partial charge in [-0.25, -0.2) is 4.79 Å². The van der Waals surface area contributed by atoms with Crippen molar-refractivity contribution in [2.45, 2.75) is 64.2 Å². The number of carboxylic acid groups (broad SMARTS) is 1. The van der Waals surface area contributed by atoms with Crippen LogP contribution in [-0.2, 0) is 19.2 Å². The zero-order valence-electron chi connectivity index (χ0n) is 16.6. The number of rotatable bonds is 13. The van der Waals surface area contributed by atoms with Crippen molar-refractivity contribution in [3.05, 3.63) is 0 Å². The molecule has 0 rings (SSSR count). The quantitative estimate of drug-likeness (QED) is 0.166. The Morgan fingerprint density at radius 3 is 2.00 bits per heavy atom. The number of carboxylic acids is 1. The first-order valence-electron chi connectivity index (χ1n) is 9.25. The van der Waals surface area contributed by atoms with Gasteiger partial charge in [0.25, 0.3) is 0 Å². The number of nitrogens with one attached hydrogen (secondary N) is 3. The Hall–Kier alpha value is -2.24. The zero-order valence-corrected chi connectivity index (χ0v) is 16.6. The van der Waals surface area contributed by atoms with E-state index in [1.807, 2.05) is 0 Å². The standard InChI is InChI=1S/C17H33N5O6/c1-9(2)13(22-15(25)11(19)6-4-5-7-18)16(26)20-10(3)14(24)21-12(8-23)17(27)28/h9-13,23H,4-8,18-19H2,1-3H3,(H,20,26)(H,21,24)(H,22,25)(H,27,28). The largest absolute Gasteiger partial charge is 0.480 e. The van der Waals surface area contributed by atoms with Gasteiger partial charge < -0.3 is 37.6 Å². The van der Waals surface area contributed by atoms with E-state index in [2.05, 4.69) is 16.0 Å². The van der Waals surface area contributed by atoms with E-state index in [1.54, 1.807) is 13.8 Å². The van der Waals surface area contributed by atoms with Crippen LogP contribution in [0.2, 0.25) is 0 Å². The molecule has 0 aromatic carbocycles. The number of aliphatic carboxylic acids is 1. The summed E-state index contributed by atoms with van der Waals surface area (Å²) in [6.45, 7) is 4.53. The summed E-state index contributed by atoms with van der Waals surface area (Å²) in [4.78, 5) is 47.6. The molecule has 0 fully saturated rings. The molecule has 3 amide bonds. The van der Waals surface area contributed by atoms with E-state index in [0.717, 1.165) is 6.42 Å². The third-order valence-electron chi connectivity index (χ3n) is 4.10. The van der Waals surface area contributed by atoms with Crippen molar-refractivity contribution in [2.24, 2.45) is 17.4 Å². The van der Waals surface area contributed by atoms with Crippen molar-refractivity contribution in [2.75, 3.05) is 13.2 Å². The fraction of sp³-hybridized carbons (Fsp3) is 0.765. The fourth-order valence-electron chi connectivity index (χ4n) is 2.29. The highest BCUT2D eigenvalue weighted by Gasteiger charge is 2.29. The van der Waals surface area contributed by atoms with Crippen molar-refractivity contribution in [1.29, 1.82) is 0 Å². The maximum atomic E-state index is 12.5. The molecule has 0 aliphatic heterocycles. The predicted octanol–water partition coefficient (Wildman–Crippen LogP) is -2.35. The van der Waals surface area contributed by atoms with Gasteiger partial charge >= 0.3 is 5.97 Å². The minimum absolute atomic E-state index is 0.278. The number of amides is 3. The van der Waals surface area contributed by atoms with Gasteiger partial charge in [0.2, 0.25) is 17.7 Å². The maximum absolute atomic E-state index is 12.5. The van der Waals surface area contributed by atoms with Crippen LogP contribution in [-0.4, -0.2) is 71.2 Å². The lowest BCUT2D eigenvalue weighted by atomic mass is 10.0. The summed E-state index contributed by atoms with van der Waals surface area (Å²) in [7, 11) is 0. The van der Waals surface area contributed by atoms with E-state index in [1.165, 1.54) is 6.92 Å². The monoisotopic (exact) mass is 403 g/mol. The molecule has 0 aliphatic rings. The topological polar surface area (TPSA) is 197 Å². The minimum atomic E-state index is -1.47. The average molecular weight is 403 g/mol. The second-order valence-electron chi connectivity index (χ2n) is 6.93. The van der Waals surface area contributed by atoms with Gasteiger partial charge in [-0.1, -0.05) is 20.3 Å².